The molecule has 1 aromatic carbocycles. The monoisotopic (exact) mass is 437 g/mol. The van der Waals surface area contributed by atoms with Gasteiger partial charge in [-0.1, -0.05) is 25.3 Å². The summed E-state index contributed by atoms with van der Waals surface area (Å²) in [5.41, 5.74) is -1.22. The predicted octanol–water partition coefficient (Wildman–Crippen LogP) is 2.18. The van der Waals surface area contributed by atoms with Crippen LogP contribution in [0.15, 0.2) is 35.7 Å². The highest BCUT2D eigenvalue weighted by atomic mass is 32.2. The van der Waals surface area contributed by atoms with Crippen LogP contribution in [0.25, 0.3) is 0 Å². The van der Waals surface area contributed by atoms with E-state index < -0.39 is 44.3 Å². The van der Waals surface area contributed by atoms with Crippen LogP contribution in [0.4, 0.5) is 4.39 Å². The Kier molecular flexibility index (Phi) is 7.70. The lowest BCUT2D eigenvalue weighted by molar-refractivity contribution is -0.130. The van der Waals surface area contributed by atoms with Gasteiger partial charge in [-0.3, -0.25) is 4.79 Å². The molecule has 0 heterocycles. The number of rotatable bonds is 8. The van der Waals surface area contributed by atoms with Gasteiger partial charge in [-0.05, 0) is 38.0 Å². The normalized spacial score (nSPS) is 16.7. The van der Waals surface area contributed by atoms with Crippen LogP contribution in [0.3, 0.4) is 0 Å². The number of carbonyl (C=O) groups excluding carboxylic acids is 2. The molecule has 0 spiro atoms. The maximum absolute atomic E-state index is 14.0. The van der Waals surface area contributed by atoms with Crippen LogP contribution in [0.1, 0.15) is 49.4 Å². The molecule has 0 saturated heterocycles. The van der Waals surface area contributed by atoms with Crippen molar-refractivity contribution in [1.82, 2.24) is 10.0 Å². The molecule has 1 aliphatic rings. The number of halogens is 1. The number of sulfonamides is 1. The second kappa shape index (κ2) is 9.82. The first-order valence-corrected chi connectivity index (χ1v) is 11.0. The maximum atomic E-state index is 14.0. The zero-order valence-corrected chi connectivity index (χ0v) is 17.4. The van der Waals surface area contributed by atoms with Gasteiger partial charge < -0.3 is 10.1 Å². The van der Waals surface area contributed by atoms with Crippen LogP contribution in [0.2, 0.25) is 0 Å². The Morgan fingerprint density at radius 3 is 2.63 bits per heavy atom. The average Bonchev–Trinajstić information content (AvgIpc) is 2.73. The van der Waals surface area contributed by atoms with Gasteiger partial charge in [0.2, 0.25) is 10.0 Å². The average molecular weight is 437 g/mol. The molecule has 0 radical (unpaired) electrons. The molecule has 162 valence electrons. The number of nitrogens with one attached hydrogen (secondary N) is 2. The van der Waals surface area contributed by atoms with Crippen molar-refractivity contribution >= 4 is 21.9 Å². The van der Waals surface area contributed by atoms with Crippen LogP contribution in [0, 0.1) is 17.1 Å². The van der Waals surface area contributed by atoms with Gasteiger partial charge in [0.15, 0.2) is 6.10 Å². The van der Waals surface area contributed by atoms with Gasteiger partial charge in [0.1, 0.15) is 16.3 Å². The van der Waals surface area contributed by atoms with E-state index in [0.29, 0.717) is 12.8 Å². The summed E-state index contributed by atoms with van der Waals surface area (Å²) < 4.78 is 45.5. The highest BCUT2D eigenvalue weighted by Gasteiger charge is 2.35. The fourth-order valence-corrected chi connectivity index (χ4v) is 4.22. The second-order valence-corrected chi connectivity index (χ2v) is 8.81. The highest BCUT2D eigenvalue weighted by molar-refractivity contribution is 7.89. The van der Waals surface area contributed by atoms with E-state index in [4.69, 9.17) is 4.74 Å². The third-order valence-corrected chi connectivity index (χ3v) is 6.25. The number of amides is 1. The molecule has 2 N–H and O–H groups in total. The van der Waals surface area contributed by atoms with Gasteiger partial charge in [-0.2, -0.15) is 5.26 Å². The molecule has 0 aromatic heterocycles. The van der Waals surface area contributed by atoms with Crippen molar-refractivity contribution in [1.29, 1.82) is 5.26 Å². The molecule has 1 amide bonds. The molecule has 30 heavy (non-hydrogen) atoms. The lowest BCUT2D eigenvalue weighted by Crippen LogP contribution is -2.52. The van der Waals surface area contributed by atoms with Crippen LogP contribution in [0.5, 0.6) is 0 Å². The zero-order valence-electron chi connectivity index (χ0n) is 16.6. The molecule has 1 aromatic rings. The van der Waals surface area contributed by atoms with Crippen molar-refractivity contribution in [3.8, 4) is 6.07 Å². The van der Waals surface area contributed by atoms with Crippen molar-refractivity contribution in [3.63, 3.8) is 0 Å². The lowest BCUT2D eigenvalue weighted by Gasteiger charge is -2.32. The molecular weight excluding hydrogens is 413 g/mol. The number of esters is 1. The predicted molar refractivity (Wildman–Crippen MR) is 106 cm³/mol. The Morgan fingerprint density at radius 1 is 1.37 bits per heavy atom. The van der Waals surface area contributed by atoms with Crippen molar-refractivity contribution in [3.05, 3.63) is 42.2 Å². The Bertz CT molecular complexity index is 965. The van der Waals surface area contributed by atoms with E-state index in [1.54, 1.807) is 0 Å². The van der Waals surface area contributed by atoms with Gasteiger partial charge in [-0.25, -0.2) is 22.3 Å². The molecule has 1 fully saturated rings. The summed E-state index contributed by atoms with van der Waals surface area (Å²) in [6.45, 7) is 4.60. The Labute approximate surface area is 175 Å². The molecule has 10 heteroatoms. The van der Waals surface area contributed by atoms with E-state index in [0.717, 1.165) is 37.5 Å². The first-order valence-electron chi connectivity index (χ1n) is 9.48. The second-order valence-electron chi connectivity index (χ2n) is 7.08. The van der Waals surface area contributed by atoms with Crippen LogP contribution in [-0.4, -0.2) is 38.5 Å². The molecule has 1 atom stereocenters. The minimum absolute atomic E-state index is 0.117. The molecule has 1 aliphatic carbocycles. The zero-order chi connectivity index (χ0) is 22.4. The first-order chi connectivity index (χ1) is 14.1. The van der Waals surface area contributed by atoms with Crippen molar-refractivity contribution in [2.45, 2.75) is 55.6 Å². The Morgan fingerprint density at radius 2 is 2.03 bits per heavy atom. The van der Waals surface area contributed by atoms with Crippen LogP contribution >= 0.6 is 0 Å². The third-order valence-electron chi connectivity index (χ3n) is 4.81. The van der Waals surface area contributed by atoms with E-state index in [1.165, 1.54) is 13.0 Å². The summed E-state index contributed by atoms with van der Waals surface area (Å²) in [4.78, 5) is 24.1. The summed E-state index contributed by atoms with van der Waals surface area (Å²) in [5, 5.41) is 12.1. The molecule has 1 unspecified atom stereocenters. The van der Waals surface area contributed by atoms with Crippen molar-refractivity contribution < 1.29 is 27.1 Å². The Balaban J connectivity index is 2.11. The fourth-order valence-electron chi connectivity index (χ4n) is 3.12. The Hall–Kier alpha value is -2.77. The summed E-state index contributed by atoms with van der Waals surface area (Å²) in [7, 11) is -4.20. The minimum Gasteiger partial charge on any atom is -0.449 e. The lowest BCUT2D eigenvalue weighted by atomic mass is 9.83. The van der Waals surface area contributed by atoms with Crippen molar-refractivity contribution in [2.75, 3.05) is 6.54 Å². The molecule has 0 bridgehead atoms. The van der Waals surface area contributed by atoms with Crippen molar-refractivity contribution in [2.24, 2.45) is 0 Å². The fraction of sp³-hybridized carbons (Fsp3) is 0.450. The highest BCUT2D eigenvalue weighted by Crippen LogP contribution is 2.27. The largest absolute Gasteiger partial charge is 0.449 e. The summed E-state index contributed by atoms with van der Waals surface area (Å²) in [5.74, 6) is -2.66. The number of ether oxygens (including phenoxy) is 1. The first kappa shape index (κ1) is 23.5. The topological polar surface area (TPSA) is 125 Å². The summed E-state index contributed by atoms with van der Waals surface area (Å²) in [6.07, 6.45) is 3.71. The van der Waals surface area contributed by atoms with E-state index in [9.17, 15) is 27.7 Å². The van der Waals surface area contributed by atoms with Gasteiger partial charge in [0.25, 0.3) is 5.91 Å². The number of nitriles is 1. The molecule has 0 aliphatic heterocycles. The standard InChI is InChI=1S/C20H24FN3O5S/c1-3-11-23-30(27,28)17-12-15(7-8-16(17)21)19(26)29-14(2)18(25)24-20(13-22)9-5-4-6-10-20/h3,7-8,12,14,23H,1,4-6,9-11H2,2H3,(H,24,25). The van der Waals surface area contributed by atoms with Gasteiger partial charge in [-0.15, -0.1) is 6.58 Å². The number of hydrogen-bond acceptors (Lipinski definition) is 6. The van der Waals surface area contributed by atoms with E-state index in [1.807, 2.05) is 0 Å². The molecule has 1 saturated carbocycles. The van der Waals surface area contributed by atoms with Crippen LogP contribution < -0.4 is 10.0 Å². The minimum atomic E-state index is -4.20. The molecule has 8 nitrogen and oxygen atoms in total. The number of carbonyl (C=O) groups is 2. The van der Waals surface area contributed by atoms with E-state index in [-0.39, 0.29) is 12.1 Å². The van der Waals surface area contributed by atoms with Gasteiger partial charge in [0, 0.05) is 6.54 Å². The quantitative estimate of drug-likeness (QED) is 0.474. The number of hydrogen-bond donors (Lipinski definition) is 2. The van der Waals surface area contributed by atoms with Gasteiger partial charge >= 0.3 is 5.97 Å². The summed E-state index contributed by atoms with van der Waals surface area (Å²) >= 11 is 0. The molecule has 2 rings (SSSR count). The smallest absolute Gasteiger partial charge is 0.338 e. The van der Waals surface area contributed by atoms with E-state index in [2.05, 4.69) is 22.7 Å². The molecular formula is C20H24FN3O5S. The maximum Gasteiger partial charge on any atom is 0.338 e. The van der Waals surface area contributed by atoms with Crippen LogP contribution in [-0.2, 0) is 19.6 Å². The summed E-state index contributed by atoms with van der Waals surface area (Å²) in [6, 6.07) is 4.87. The third kappa shape index (κ3) is 5.64. The number of benzene rings is 1. The van der Waals surface area contributed by atoms with Gasteiger partial charge in [0.05, 0.1) is 11.6 Å². The van der Waals surface area contributed by atoms with E-state index >= 15 is 0 Å². The SMILES string of the molecule is C=CCNS(=O)(=O)c1cc(C(=O)OC(C)C(=O)NC2(C#N)CCCCC2)ccc1F. The number of nitrogens with zero attached hydrogens (tertiary/aromatic N) is 1.